The Morgan fingerprint density at radius 2 is 2.15 bits per heavy atom. The summed E-state index contributed by atoms with van der Waals surface area (Å²) >= 11 is 0. The number of aromatic nitrogens is 1. The predicted octanol–water partition coefficient (Wildman–Crippen LogP) is 0.407. The fourth-order valence-electron chi connectivity index (χ4n) is 2.49. The normalized spacial score (nSPS) is 21.9. The first kappa shape index (κ1) is 14.1. The molecule has 7 nitrogen and oxygen atoms in total. The summed E-state index contributed by atoms with van der Waals surface area (Å²) in [5.74, 6) is -1.74. The summed E-state index contributed by atoms with van der Waals surface area (Å²) in [5, 5.41) is 18.6. The first-order valence-electron chi connectivity index (χ1n) is 6.34. The molecule has 3 N–H and O–H groups in total. The molecule has 1 unspecified atom stereocenters. The number of hydrogen-bond donors (Lipinski definition) is 3. The number of aromatic amines is 1. The number of aromatic hydroxyl groups is 1. The van der Waals surface area contributed by atoms with Gasteiger partial charge in [-0.25, -0.2) is 0 Å². The van der Waals surface area contributed by atoms with Crippen molar-refractivity contribution >= 4 is 11.9 Å². The highest BCUT2D eigenvalue weighted by Crippen LogP contribution is 2.34. The largest absolute Gasteiger partial charge is 0.494 e. The number of amides is 1. The Hall–Kier alpha value is -2.31. The Labute approximate surface area is 114 Å². The van der Waals surface area contributed by atoms with E-state index in [1.54, 1.807) is 6.92 Å². The zero-order valence-corrected chi connectivity index (χ0v) is 11.0. The van der Waals surface area contributed by atoms with Crippen molar-refractivity contribution in [3.63, 3.8) is 0 Å². The van der Waals surface area contributed by atoms with Gasteiger partial charge in [0.1, 0.15) is 0 Å². The minimum Gasteiger partial charge on any atom is -0.494 e. The van der Waals surface area contributed by atoms with Gasteiger partial charge in [0, 0.05) is 25.2 Å². The molecule has 0 bridgehead atoms. The Morgan fingerprint density at radius 3 is 2.65 bits per heavy atom. The molecule has 108 valence electrons. The molecule has 0 aliphatic carbocycles. The maximum absolute atomic E-state index is 12.2. The number of nitrogens with zero attached hydrogens (tertiary/aromatic N) is 1. The highest BCUT2D eigenvalue weighted by Gasteiger charge is 2.44. The van der Waals surface area contributed by atoms with Crippen molar-refractivity contribution < 1.29 is 19.8 Å². The number of carboxylic acid groups (broad SMARTS) is 1. The Balaban J connectivity index is 2.23. The zero-order chi connectivity index (χ0) is 14.9. The van der Waals surface area contributed by atoms with E-state index < -0.39 is 22.9 Å². The number of aliphatic carboxylic acids is 1. The van der Waals surface area contributed by atoms with Crippen molar-refractivity contribution in [2.24, 2.45) is 5.41 Å². The van der Waals surface area contributed by atoms with E-state index in [-0.39, 0.29) is 18.0 Å². The maximum Gasteiger partial charge on any atom is 0.311 e. The Kier molecular flexibility index (Phi) is 3.52. The van der Waals surface area contributed by atoms with Crippen LogP contribution in [0, 0.1) is 5.41 Å². The molecule has 0 radical (unpaired) electrons. The maximum atomic E-state index is 12.2. The smallest absolute Gasteiger partial charge is 0.311 e. The van der Waals surface area contributed by atoms with E-state index in [0.717, 1.165) is 12.1 Å². The number of carboxylic acids is 1. The first-order valence-corrected chi connectivity index (χ1v) is 6.34. The third-order valence-corrected chi connectivity index (χ3v) is 3.85. The number of likely N-dealkylation sites (tertiary alicyclic amines) is 1. The quantitative estimate of drug-likeness (QED) is 0.742. The molecule has 2 rings (SSSR count). The van der Waals surface area contributed by atoms with Crippen LogP contribution >= 0.6 is 0 Å². The van der Waals surface area contributed by atoms with Crippen LogP contribution in [0.15, 0.2) is 16.9 Å². The van der Waals surface area contributed by atoms with E-state index in [0.29, 0.717) is 19.4 Å². The SMILES string of the molecule is CCC1(C(=O)O)CCN(C(=O)c2cc(O)[nH]c(=O)c2)C1. The molecular weight excluding hydrogens is 264 g/mol. The van der Waals surface area contributed by atoms with Crippen molar-refractivity contribution in [3.8, 4) is 5.88 Å². The summed E-state index contributed by atoms with van der Waals surface area (Å²) < 4.78 is 0. The molecule has 1 fully saturated rings. The van der Waals surface area contributed by atoms with Gasteiger partial charge in [-0.05, 0) is 12.8 Å². The van der Waals surface area contributed by atoms with Crippen molar-refractivity contribution in [2.75, 3.05) is 13.1 Å². The number of pyridine rings is 1. The topological polar surface area (TPSA) is 111 Å². The van der Waals surface area contributed by atoms with Gasteiger partial charge in [-0.3, -0.25) is 19.4 Å². The molecule has 7 heteroatoms. The first-order chi connectivity index (χ1) is 9.38. The molecule has 2 heterocycles. The molecular formula is C13H16N2O5. The van der Waals surface area contributed by atoms with Crippen molar-refractivity contribution in [2.45, 2.75) is 19.8 Å². The summed E-state index contributed by atoms with van der Waals surface area (Å²) in [6, 6.07) is 2.26. The van der Waals surface area contributed by atoms with Gasteiger partial charge in [0.2, 0.25) is 0 Å². The number of nitrogens with one attached hydrogen (secondary N) is 1. The average molecular weight is 280 g/mol. The zero-order valence-electron chi connectivity index (χ0n) is 11.0. The van der Waals surface area contributed by atoms with Crippen LogP contribution in [-0.4, -0.2) is 45.1 Å². The van der Waals surface area contributed by atoms with E-state index in [1.165, 1.54) is 4.90 Å². The van der Waals surface area contributed by atoms with Crippen LogP contribution in [0.1, 0.15) is 30.1 Å². The van der Waals surface area contributed by atoms with Gasteiger partial charge in [0.15, 0.2) is 5.88 Å². The number of carbonyl (C=O) groups is 2. The van der Waals surface area contributed by atoms with E-state index in [4.69, 9.17) is 0 Å². The highest BCUT2D eigenvalue weighted by molar-refractivity contribution is 5.95. The fourth-order valence-corrected chi connectivity index (χ4v) is 2.49. The second-order valence-corrected chi connectivity index (χ2v) is 5.03. The van der Waals surface area contributed by atoms with Crippen LogP contribution in [0.2, 0.25) is 0 Å². The third-order valence-electron chi connectivity index (χ3n) is 3.85. The molecule has 1 aromatic rings. The number of H-pyrrole nitrogens is 1. The monoisotopic (exact) mass is 280 g/mol. The standard InChI is InChI=1S/C13H16N2O5/c1-2-13(12(19)20)3-4-15(7-13)11(18)8-5-9(16)14-10(17)6-8/h5-6H,2-4,7H2,1H3,(H,19,20)(H2,14,16,17). The van der Waals surface area contributed by atoms with Gasteiger partial charge in [0.25, 0.3) is 11.5 Å². The Bertz CT molecular complexity index is 609. The van der Waals surface area contributed by atoms with E-state index in [1.807, 2.05) is 0 Å². The second-order valence-electron chi connectivity index (χ2n) is 5.03. The Morgan fingerprint density at radius 1 is 1.45 bits per heavy atom. The van der Waals surface area contributed by atoms with Crippen LogP contribution in [0.4, 0.5) is 0 Å². The van der Waals surface area contributed by atoms with E-state index >= 15 is 0 Å². The molecule has 0 aromatic carbocycles. The van der Waals surface area contributed by atoms with Crippen LogP contribution in [0.3, 0.4) is 0 Å². The van der Waals surface area contributed by atoms with Crippen molar-refractivity contribution in [3.05, 3.63) is 28.0 Å². The lowest BCUT2D eigenvalue weighted by Gasteiger charge is -2.23. The van der Waals surface area contributed by atoms with Gasteiger partial charge >= 0.3 is 5.97 Å². The summed E-state index contributed by atoms with van der Waals surface area (Å²) in [5.41, 5.74) is -1.44. The second kappa shape index (κ2) is 4.99. The van der Waals surface area contributed by atoms with Crippen LogP contribution in [0.25, 0.3) is 0 Å². The molecule has 0 spiro atoms. The number of carbonyl (C=O) groups excluding carboxylic acids is 1. The molecule has 20 heavy (non-hydrogen) atoms. The van der Waals surface area contributed by atoms with Crippen LogP contribution in [-0.2, 0) is 4.79 Å². The van der Waals surface area contributed by atoms with Gasteiger partial charge in [-0.15, -0.1) is 0 Å². The van der Waals surface area contributed by atoms with E-state index in [2.05, 4.69) is 4.98 Å². The molecule has 0 saturated carbocycles. The lowest BCUT2D eigenvalue weighted by Crippen LogP contribution is -2.36. The lowest BCUT2D eigenvalue weighted by molar-refractivity contribution is -0.148. The van der Waals surface area contributed by atoms with Crippen molar-refractivity contribution in [1.82, 2.24) is 9.88 Å². The third kappa shape index (κ3) is 2.38. The van der Waals surface area contributed by atoms with Gasteiger partial charge in [-0.2, -0.15) is 0 Å². The molecule has 1 aromatic heterocycles. The summed E-state index contributed by atoms with van der Waals surface area (Å²) in [7, 11) is 0. The molecule has 1 aliphatic rings. The van der Waals surface area contributed by atoms with Crippen LogP contribution in [0.5, 0.6) is 5.88 Å². The fraction of sp³-hybridized carbons (Fsp3) is 0.462. The minimum atomic E-state index is -0.918. The van der Waals surface area contributed by atoms with Crippen molar-refractivity contribution in [1.29, 1.82) is 0 Å². The summed E-state index contributed by atoms with van der Waals surface area (Å²) in [6.45, 7) is 2.22. The summed E-state index contributed by atoms with van der Waals surface area (Å²) in [4.78, 5) is 38.4. The van der Waals surface area contributed by atoms with Gasteiger partial charge in [0.05, 0.1) is 11.0 Å². The molecule has 1 atom stereocenters. The summed E-state index contributed by atoms with van der Waals surface area (Å²) in [6.07, 6.45) is 0.826. The highest BCUT2D eigenvalue weighted by atomic mass is 16.4. The predicted molar refractivity (Wildman–Crippen MR) is 69.6 cm³/mol. The minimum absolute atomic E-state index is 0.0588. The number of hydrogen-bond acceptors (Lipinski definition) is 4. The van der Waals surface area contributed by atoms with E-state index in [9.17, 15) is 24.6 Å². The number of rotatable bonds is 3. The van der Waals surface area contributed by atoms with Gasteiger partial charge in [-0.1, -0.05) is 6.92 Å². The average Bonchev–Trinajstić information content (AvgIpc) is 2.82. The molecule has 1 amide bonds. The van der Waals surface area contributed by atoms with Gasteiger partial charge < -0.3 is 15.1 Å². The molecule has 1 saturated heterocycles. The van der Waals surface area contributed by atoms with Crippen LogP contribution < -0.4 is 5.56 Å². The molecule has 1 aliphatic heterocycles. The lowest BCUT2D eigenvalue weighted by atomic mass is 9.84.